The predicted octanol–water partition coefficient (Wildman–Crippen LogP) is 2.82. The molecule has 0 bridgehead atoms. The molecule has 0 aliphatic heterocycles. The lowest BCUT2D eigenvalue weighted by molar-refractivity contribution is 0.604. The first kappa shape index (κ1) is 10.9. The molecule has 6 heteroatoms. The SMILES string of the molecule is Cc1c(S(=O)(=O)Cl)ccc(F)c1Br. The minimum Gasteiger partial charge on any atom is -0.207 e. The molecule has 0 atom stereocenters. The summed E-state index contributed by atoms with van der Waals surface area (Å²) in [4.78, 5) is -0.0811. The van der Waals surface area contributed by atoms with E-state index in [9.17, 15) is 12.8 Å². The van der Waals surface area contributed by atoms with Crippen molar-refractivity contribution in [2.24, 2.45) is 0 Å². The van der Waals surface area contributed by atoms with Gasteiger partial charge in [0.05, 0.1) is 9.37 Å². The Bertz CT molecular complexity index is 444. The second-order valence-corrected chi connectivity index (χ2v) is 5.75. The number of hydrogen-bond acceptors (Lipinski definition) is 2. The summed E-state index contributed by atoms with van der Waals surface area (Å²) in [6.45, 7) is 1.47. The van der Waals surface area contributed by atoms with E-state index in [4.69, 9.17) is 10.7 Å². The largest absolute Gasteiger partial charge is 0.261 e. The van der Waals surface area contributed by atoms with Gasteiger partial charge in [-0.15, -0.1) is 0 Å². The second kappa shape index (κ2) is 3.55. The Morgan fingerprint density at radius 1 is 1.46 bits per heavy atom. The van der Waals surface area contributed by atoms with Crippen LogP contribution in [-0.4, -0.2) is 8.42 Å². The molecule has 1 aromatic carbocycles. The highest BCUT2D eigenvalue weighted by molar-refractivity contribution is 9.10. The summed E-state index contributed by atoms with van der Waals surface area (Å²) >= 11 is 2.92. The summed E-state index contributed by atoms with van der Waals surface area (Å²) in [6.07, 6.45) is 0. The highest BCUT2D eigenvalue weighted by Crippen LogP contribution is 2.28. The first-order chi connectivity index (χ1) is 5.84. The minimum absolute atomic E-state index is 0.0811. The highest BCUT2D eigenvalue weighted by Gasteiger charge is 2.16. The first-order valence-electron chi connectivity index (χ1n) is 3.23. The van der Waals surface area contributed by atoms with Crippen molar-refractivity contribution in [2.45, 2.75) is 11.8 Å². The van der Waals surface area contributed by atoms with Gasteiger partial charge in [0.15, 0.2) is 0 Å². The third-order valence-electron chi connectivity index (χ3n) is 1.55. The van der Waals surface area contributed by atoms with Gasteiger partial charge in [0.2, 0.25) is 0 Å². The Morgan fingerprint density at radius 2 is 2.00 bits per heavy atom. The van der Waals surface area contributed by atoms with Gasteiger partial charge in [-0.05, 0) is 40.5 Å². The van der Waals surface area contributed by atoms with Crippen LogP contribution in [0.1, 0.15) is 5.56 Å². The van der Waals surface area contributed by atoms with E-state index in [1.54, 1.807) is 0 Å². The van der Waals surface area contributed by atoms with Crippen molar-refractivity contribution in [3.05, 3.63) is 28.0 Å². The van der Waals surface area contributed by atoms with Gasteiger partial charge in [-0.1, -0.05) is 0 Å². The van der Waals surface area contributed by atoms with Gasteiger partial charge in [-0.2, -0.15) is 0 Å². The van der Waals surface area contributed by atoms with Gasteiger partial charge in [0.25, 0.3) is 9.05 Å². The van der Waals surface area contributed by atoms with E-state index in [2.05, 4.69) is 15.9 Å². The molecule has 0 radical (unpaired) electrons. The van der Waals surface area contributed by atoms with Gasteiger partial charge in [-0.25, -0.2) is 12.8 Å². The highest BCUT2D eigenvalue weighted by atomic mass is 79.9. The third kappa shape index (κ3) is 2.21. The van der Waals surface area contributed by atoms with Crippen molar-refractivity contribution in [1.29, 1.82) is 0 Å². The van der Waals surface area contributed by atoms with Crippen molar-refractivity contribution in [2.75, 3.05) is 0 Å². The molecule has 72 valence electrons. The zero-order valence-corrected chi connectivity index (χ0v) is 9.67. The van der Waals surface area contributed by atoms with Crippen LogP contribution in [0.15, 0.2) is 21.5 Å². The van der Waals surface area contributed by atoms with Crippen LogP contribution in [0.25, 0.3) is 0 Å². The van der Waals surface area contributed by atoms with E-state index in [1.165, 1.54) is 6.92 Å². The van der Waals surface area contributed by atoms with E-state index in [0.29, 0.717) is 0 Å². The molecule has 0 amide bonds. The van der Waals surface area contributed by atoms with Crippen LogP contribution in [0.3, 0.4) is 0 Å². The minimum atomic E-state index is -3.80. The lowest BCUT2D eigenvalue weighted by Crippen LogP contribution is -1.96. The van der Waals surface area contributed by atoms with E-state index in [-0.39, 0.29) is 14.9 Å². The molecule has 1 aromatic rings. The molecule has 0 aliphatic carbocycles. The molecule has 0 aromatic heterocycles. The number of hydrogen-bond donors (Lipinski definition) is 0. The molecule has 0 aliphatic rings. The molecule has 1 rings (SSSR count). The Kier molecular flexibility index (Phi) is 2.99. The summed E-state index contributed by atoms with van der Waals surface area (Å²) in [7, 11) is 1.32. The fourth-order valence-electron chi connectivity index (χ4n) is 0.898. The molecule has 0 N–H and O–H groups in total. The van der Waals surface area contributed by atoms with E-state index >= 15 is 0 Å². The predicted molar refractivity (Wildman–Crippen MR) is 51.9 cm³/mol. The van der Waals surface area contributed by atoms with Crippen LogP contribution in [0.5, 0.6) is 0 Å². The normalized spacial score (nSPS) is 11.7. The topological polar surface area (TPSA) is 34.1 Å². The zero-order chi connectivity index (χ0) is 10.2. The first-order valence-corrected chi connectivity index (χ1v) is 6.33. The second-order valence-electron chi connectivity index (χ2n) is 2.42. The summed E-state index contributed by atoms with van der Waals surface area (Å²) in [5.41, 5.74) is 0.273. The molecule has 0 saturated carbocycles. The number of halogens is 3. The summed E-state index contributed by atoms with van der Waals surface area (Å²) < 4.78 is 34.9. The Morgan fingerprint density at radius 3 is 2.46 bits per heavy atom. The van der Waals surface area contributed by atoms with Crippen molar-refractivity contribution in [1.82, 2.24) is 0 Å². The molecular formula is C7H5BrClFO2S. The smallest absolute Gasteiger partial charge is 0.207 e. The van der Waals surface area contributed by atoms with Crippen molar-refractivity contribution < 1.29 is 12.8 Å². The number of rotatable bonds is 1. The quantitative estimate of drug-likeness (QED) is 0.744. The zero-order valence-electron chi connectivity index (χ0n) is 6.51. The summed E-state index contributed by atoms with van der Waals surface area (Å²) in [5.74, 6) is -0.512. The van der Waals surface area contributed by atoms with Crippen LogP contribution in [0, 0.1) is 12.7 Å². The van der Waals surface area contributed by atoms with Crippen molar-refractivity contribution >= 4 is 35.7 Å². The van der Waals surface area contributed by atoms with Crippen molar-refractivity contribution in [3.8, 4) is 0 Å². The van der Waals surface area contributed by atoms with Gasteiger partial charge in [0.1, 0.15) is 5.82 Å². The fraction of sp³-hybridized carbons (Fsp3) is 0.143. The average Bonchev–Trinajstić information content (AvgIpc) is 1.98. The van der Waals surface area contributed by atoms with E-state index in [1.807, 2.05) is 0 Å². The van der Waals surface area contributed by atoms with Gasteiger partial charge < -0.3 is 0 Å². The Balaban J connectivity index is 3.53. The van der Waals surface area contributed by atoms with Gasteiger partial charge >= 0.3 is 0 Å². The van der Waals surface area contributed by atoms with Crippen LogP contribution >= 0.6 is 26.6 Å². The fourth-order valence-corrected chi connectivity index (χ4v) is 2.58. The van der Waals surface area contributed by atoms with Gasteiger partial charge in [0, 0.05) is 10.7 Å². The standard InChI is InChI=1S/C7H5BrClFO2S/c1-4-6(13(9,11)12)3-2-5(10)7(4)8/h2-3H,1H3. The molecule has 0 spiro atoms. The molecule has 0 heterocycles. The summed E-state index contributed by atoms with van der Waals surface area (Å²) in [5, 5.41) is 0. The molecule has 0 saturated heterocycles. The number of benzene rings is 1. The maximum Gasteiger partial charge on any atom is 0.261 e. The molecular weight excluding hydrogens is 282 g/mol. The van der Waals surface area contributed by atoms with Crippen LogP contribution in [-0.2, 0) is 9.05 Å². The maximum absolute atomic E-state index is 12.9. The maximum atomic E-state index is 12.9. The molecule has 0 fully saturated rings. The van der Waals surface area contributed by atoms with Crippen LogP contribution in [0.4, 0.5) is 4.39 Å². The molecule has 2 nitrogen and oxygen atoms in total. The van der Waals surface area contributed by atoms with E-state index in [0.717, 1.165) is 12.1 Å². The van der Waals surface area contributed by atoms with Crippen LogP contribution in [0.2, 0.25) is 0 Å². The third-order valence-corrected chi connectivity index (χ3v) is 3.99. The lowest BCUT2D eigenvalue weighted by atomic mass is 10.2. The average molecular weight is 288 g/mol. The lowest BCUT2D eigenvalue weighted by Gasteiger charge is -2.04. The van der Waals surface area contributed by atoms with Gasteiger partial charge in [-0.3, -0.25) is 0 Å². The van der Waals surface area contributed by atoms with Crippen molar-refractivity contribution in [3.63, 3.8) is 0 Å². The Hall–Kier alpha value is -0.130. The molecule has 13 heavy (non-hydrogen) atoms. The molecule has 0 unspecified atom stereocenters. The summed E-state index contributed by atoms with van der Waals surface area (Å²) in [6, 6.07) is 2.18. The van der Waals surface area contributed by atoms with E-state index < -0.39 is 14.9 Å². The monoisotopic (exact) mass is 286 g/mol. The Labute approximate surface area is 88.3 Å². The van der Waals surface area contributed by atoms with Crippen LogP contribution < -0.4 is 0 Å².